The molecule has 4 fully saturated rings. The fraction of sp³-hybridized carbons (Fsp3) is 0.870. The number of aliphatic hydroxyl groups excluding tert-OH is 1. The molecule has 0 aromatic rings. The molecule has 0 aliphatic carbocycles. The third-order valence-electron chi connectivity index (χ3n) is 7.74. The van der Waals surface area contributed by atoms with E-state index in [1.807, 2.05) is 13.8 Å². The first-order valence-electron chi connectivity index (χ1n) is 12.4. The number of thioether (sulfide) groups is 1. The molecule has 10 heteroatoms. The van der Waals surface area contributed by atoms with E-state index < -0.39 is 28.7 Å². The SMILES string of the molecule is CCCNC(=O)[C@@H]1[C@@H]2CCC3(S2)C(C(=O)NCCN2CCOCC2)N([C@@H](CC)CO)C(=O)[C@H]13. The van der Waals surface area contributed by atoms with Gasteiger partial charge < -0.3 is 25.4 Å². The first kappa shape index (κ1) is 24.8. The van der Waals surface area contributed by atoms with Gasteiger partial charge in [-0.15, -0.1) is 11.8 Å². The minimum absolute atomic E-state index is 0.0656. The van der Waals surface area contributed by atoms with Crippen molar-refractivity contribution in [3.8, 4) is 0 Å². The number of hydrogen-bond acceptors (Lipinski definition) is 7. The molecule has 4 aliphatic heterocycles. The van der Waals surface area contributed by atoms with Gasteiger partial charge in [-0.05, 0) is 25.7 Å². The van der Waals surface area contributed by atoms with Crippen LogP contribution in [0.1, 0.15) is 39.5 Å². The number of ether oxygens (including phenoxy) is 1. The summed E-state index contributed by atoms with van der Waals surface area (Å²) in [6.07, 6.45) is 2.97. The Morgan fingerprint density at radius 1 is 1.21 bits per heavy atom. The van der Waals surface area contributed by atoms with E-state index in [0.29, 0.717) is 32.7 Å². The minimum Gasteiger partial charge on any atom is -0.394 e. The molecule has 186 valence electrons. The zero-order valence-electron chi connectivity index (χ0n) is 19.8. The van der Waals surface area contributed by atoms with Crippen molar-refractivity contribution in [2.75, 3.05) is 52.5 Å². The molecule has 0 aromatic carbocycles. The maximum absolute atomic E-state index is 13.8. The van der Waals surface area contributed by atoms with Crippen LogP contribution in [0.4, 0.5) is 0 Å². The summed E-state index contributed by atoms with van der Waals surface area (Å²) in [5, 5.41) is 16.2. The van der Waals surface area contributed by atoms with Crippen molar-refractivity contribution in [1.29, 1.82) is 0 Å². The Labute approximate surface area is 200 Å². The molecule has 4 rings (SSSR count). The third-order valence-corrected chi connectivity index (χ3v) is 9.70. The van der Waals surface area contributed by atoms with Crippen LogP contribution in [0, 0.1) is 11.8 Å². The molecule has 3 N–H and O–H groups in total. The summed E-state index contributed by atoms with van der Waals surface area (Å²) in [4.78, 5) is 44.3. The zero-order valence-corrected chi connectivity index (χ0v) is 20.6. The molecular weight excluding hydrogens is 444 g/mol. The summed E-state index contributed by atoms with van der Waals surface area (Å²) < 4.78 is 4.79. The number of amides is 3. The van der Waals surface area contributed by atoms with Crippen LogP contribution in [0.15, 0.2) is 0 Å². The number of morpholine rings is 1. The number of carbonyl (C=O) groups is 3. The van der Waals surface area contributed by atoms with E-state index >= 15 is 0 Å². The Bertz CT molecular complexity index is 744. The third kappa shape index (κ3) is 4.39. The van der Waals surface area contributed by atoms with Crippen LogP contribution in [0.2, 0.25) is 0 Å². The maximum atomic E-state index is 13.8. The highest BCUT2D eigenvalue weighted by Crippen LogP contribution is 2.66. The van der Waals surface area contributed by atoms with Gasteiger partial charge in [0.15, 0.2) is 0 Å². The smallest absolute Gasteiger partial charge is 0.244 e. The highest BCUT2D eigenvalue weighted by Gasteiger charge is 2.74. The van der Waals surface area contributed by atoms with Crippen LogP contribution in [0.25, 0.3) is 0 Å². The van der Waals surface area contributed by atoms with E-state index in [0.717, 1.165) is 38.9 Å². The summed E-state index contributed by atoms with van der Waals surface area (Å²) >= 11 is 1.67. The van der Waals surface area contributed by atoms with Gasteiger partial charge in [-0.25, -0.2) is 0 Å². The Morgan fingerprint density at radius 2 is 1.94 bits per heavy atom. The number of nitrogens with one attached hydrogen (secondary N) is 2. The van der Waals surface area contributed by atoms with Gasteiger partial charge in [0.1, 0.15) is 6.04 Å². The van der Waals surface area contributed by atoms with E-state index in [1.54, 1.807) is 16.7 Å². The van der Waals surface area contributed by atoms with Crippen molar-refractivity contribution in [1.82, 2.24) is 20.4 Å². The first-order chi connectivity index (χ1) is 16.0. The molecule has 0 saturated carbocycles. The lowest BCUT2D eigenvalue weighted by atomic mass is 9.70. The number of hydrogen-bond donors (Lipinski definition) is 3. The number of carbonyl (C=O) groups excluding carboxylic acids is 3. The molecule has 0 radical (unpaired) electrons. The zero-order chi connectivity index (χ0) is 23.6. The second-order valence-corrected chi connectivity index (χ2v) is 11.2. The normalized spacial score (nSPS) is 34.4. The molecule has 4 heterocycles. The molecule has 9 nitrogen and oxygen atoms in total. The van der Waals surface area contributed by atoms with E-state index in [9.17, 15) is 19.5 Å². The molecule has 4 saturated heterocycles. The van der Waals surface area contributed by atoms with Gasteiger partial charge in [0, 0.05) is 38.0 Å². The molecule has 4 aliphatic rings. The number of aliphatic hydroxyl groups is 1. The standard InChI is InChI=1S/C23H38N4O5S/c1-3-7-24-20(29)17-16-5-6-23(33-16)18(17)22(31)27(15(4-2)14-28)19(23)21(30)25-8-9-26-10-12-32-13-11-26/h15-19,28H,3-14H2,1-2H3,(H,24,29)(H,25,30)/t15-,16-,17+,18-,19?,23?/m0/s1. The second-order valence-electron chi connectivity index (χ2n) is 9.58. The van der Waals surface area contributed by atoms with Crippen molar-refractivity contribution in [3.05, 3.63) is 0 Å². The molecule has 2 bridgehead atoms. The fourth-order valence-corrected chi connectivity index (χ4v) is 8.33. The second kappa shape index (κ2) is 10.5. The van der Waals surface area contributed by atoms with Gasteiger partial charge in [-0.1, -0.05) is 13.8 Å². The van der Waals surface area contributed by atoms with Gasteiger partial charge >= 0.3 is 0 Å². The summed E-state index contributed by atoms with van der Waals surface area (Å²) in [6.45, 7) is 8.68. The van der Waals surface area contributed by atoms with Crippen LogP contribution in [-0.4, -0.2) is 107 Å². The quantitative estimate of drug-likeness (QED) is 0.396. The molecule has 2 unspecified atom stereocenters. The van der Waals surface area contributed by atoms with Crippen LogP contribution >= 0.6 is 11.8 Å². The van der Waals surface area contributed by atoms with Crippen molar-refractivity contribution in [2.24, 2.45) is 11.8 Å². The molecule has 3 amide bonds. The van der Waals surface area contributed by atoms with Crippen molar-refractivity contribution >= 4 is 29.5 Å². The Hall–Kier alpha value is -1.36. The van der Waals surface area contributed by atoms with Crippen LogP contribution in [-0.2, 0) is 19.1 Å². The molecule has 6 atom stereocenters. The van der Waals surface area contributed by atoms with Gasteiger partial charge in [0.05, 0.1) is 42.4 Å². The lowest BCUT2D eigenvalue weighted by molar-refractivity contribution is -0.142. The lowest BCUT2D eigenvalue weighted by Crippen LogP contribution is -2.57. The van der Waals surface area contributed by atoms with Gasteiger partial charge in [-0.3, -0.25) is 19.3 Å². The topological polar surface area (TPSA) is 111 Å². The number of fused-ring (bicyclic) bond motifs is 1. The van der Waals surface area contributed by atoms with Crippen molar-refractivity contribution in [2.45, 2.75) is 61.6 Å². The van der Waals surface area contributed by atoms with Crippen molar-refractivity contribution < 1.29 is 24.2 Å². The van der Waals surface area contributed by atoms with Crippen LogP contribution in [0.5, 0.6) is 0 Å². The molecule has 1 spiro atoms. The summed E-state index contributed by atoms with van der Waals surface area (Å²) in [7, 11) is 0. The predicted molar refractivity (Wildman–Crippen MR) is 126 cm³/mol. The largest absolute Gasteiger partial charge is 0.394 e. The predicted octanol–water partition coefficient (Wildman–Crippen LogP) is -0.177. The number of likely N-dealkylation sites (tertiary alicyclic amines) is 1. The number of nitrogens with zero attached hydrogens (tertiary/aromatic N) is 2. The Kier molecular flexibility index (Phi) is 7.87. The highest BCUT2D eigenvalue weighted by molar-refractivity contribution is 8.02. The van der Waals surface area contributed by atoms with Gasteiger partial charge in [0.25, 0.3) is 0 Å². The average Bonchev–Trinajstić information content (AvgIpc) is 3.47. The molecule has 33 heavy (non-hydrogen) atoms. The van der Waals surface area contributed by atoms with Gasteiger partial charge in [-0.2, -0.15) is 0 Å². The maximum Gasteiger partial charge on any atom is 0.244 e. The highest BCUT2D eigenvalue weighted by atomic mass is 32.2. The minimum atomic E-state index is -0.657. The Balaban J connectivity index is 1.55. The van der Waals surface area contributed by atoms with E-state index in [1.165, 1.54) is 0 Å². The summed E-state index contributed by atoms with van der Waals surface area (Å²) in [5.41, 5.74) is 0. The van der Waals surface area contributed by atoms with E-state index in [-0.39, 0.29) is 29.6 Å². The first-order valence-corrected chi connectivity index (χ1v) is 13.3. The summed E-state index contributed by atoms with van der Waals surface area (Å²) in [5.74, 6) is -1.29. The average molecular weight is 483 g/mol. The van der Waals surface area contributed by atoms with E-state index in [2.05, 4.69) is 15.5 Å². The summed E-state index contributed by atoms with van der Waals surface area (Å²) in [6, 6.07) is -1.08. The number of rotatable bonds is 10. The van der Waals surface area contributed by atoms with Crippen LogP contribution < -0.4 is 10.6 Å². The monoisotopic (exact) mass is 482 g/mol. The molecule has 0 aromatic heterocycles. The van der Waals surface area contributed by atoms with Crippen molar-refractivity contribution in [3.63, 3.8) is 0 Å². The molecular formula is C23H38N4O5S. The fourth-order valence-electron chi connectivity index (χ4n) is 6.12. The Morgan fingerprint density at radius 3 is 2.61 bits per heavy atom. The lowest BCUT2D eigenvalue weighted by Gasteiger charge is -2.37. The van der Waals surface area contributed by atoms with E-state index in [4.69, 9.17) is 4.74 Å². The van der Waals surface area contributed by atoms with Crippen LogP contribution in [0.3, 0.4) is 0 Å². The van der Waals surface area contributed by atoms with Gasteiger partial charge in [0.2, 0.25) is 17.7 Å².